The highest BCUT2D eigenvalue weighted by Crippen LogP contribution is 2.42. The van der Waals surface area contributed by atoms with Crippen LogP contribution in [0.2, 0.25) is 0 Å². The fourth-order valence-electron chi connectivity index (χ4n) is 2.11. The van der Waals surface area contributed by atoms with Crippen molar-refractivity contribution in [3.05, 3.63) is 17.5 Å². The number of aryl methyl sites for hydroxylation is 1. The van der Waals surface area contributed by atoms with Gasteiger partial charge >= 0.3 is 0 Å². The first-order chi connectivity index (χ1) is 7.24. The summed E-state index contributed by atoms with van der Waals surface area (Å²) in [7, 11) is 0. The Morgan fingerprint density at radius 3 is 2.80 bits per heavy atom. The van der Waals surface area contributed by atoms with Gasteiger partial charge in [0.15, 0.2) is 0 Å². The van der Waals surface area contributed by atoms with Crippen molar-refractivity contribution in [2.75, 3.05) is 6.54 Å². The van der Waals surface area contributed by atoms with E-state index in [1.165, 1.54) is 24.1 Å². The number of hydrogen-bond donors (Lipinski definition) is 1. The van der Waals surface area contributed by atoms with Crippen LogP contribution in [0.25, 0.3) is 0 Å². The molecule has 1 heterocycles. The van der Waals surface area contributed by atoms with Crippen molar-refractivity contribution < 1.29 is 0 Å². The van der Waals surface area contributed by atoms with Crippen LogP contribution in [0.4, 0.5) is 0 Å². The zero-order valence-corrected chi connectivity index (χ0v) is 9.74. The molecule has 0 saturated heterocycles. The Labute approximate surface area is 91.7 Å². The summed E-state index contributed by atoms with van der Waals surface area (Å²) in [5.41, 5.74) is 8.47. The minimum Gasteiger partial charge on any atom is -0.330 e. The van der Waals surface area contributed by atoms with E-state index in [4.69, 9.17) is 5.73 Å². The third kappa shape index (κ3) is 2.23. The van der Waals surface area contributed by atoms with Crippen molar-refractivity contribution in [3.8, 4) is 0 Å². The van der Waals surface area contributed by atoms with Gasteiger partial charge in [0, 0.05) is 17.7 Å². The first-order valence-corrected chi connectivity index (χ1v) is 6.00. The Bertz CT molecular complexity index is 324. The summed E-state index contributed by atoms with van der Waals surface area (Å²) in [6.45, 7) is 5.17. The predicted octanol–water partition coefficient (Wildman–Crippen LogP) is 2.23. The summed E-state index contributed by atoms with van der Waals surface area (Å²) >= 11 is 0. The van der Waals surface area contributed by atoms with Crippen molar-refractivity contribution in [2.45, 2.75) is 51.5 Å². The number of hydrogen-bond acceptors (Lipinski definition) is 2. The topological polar surface area (TPSA) is 43.8 Å². The maximum atomic E-state index is 5.56. The molecule has 1 saturated carbocycles. The fourth-order valence-corrected chi connectivity index (χ4v) is 2.11. The average Bonchev–Trinajstić information content (AvgIpc) is 2.95. The monoisotopic (exact) mass is 207 g/mol. The summed E-state index contributed by atoms with van der Waals surface area (Å²) in [4.78, 5) is 0. The van der Waals surface area contributed by atoms with E-state index in [9.17, 15) is 0 Å². The molecule has 0 bridgehead atoms. The summed E-state index contributed by atoms with van der Waals surface area (Å²) in [6, 6.07) is 0.479. The standard InChI is InChI=1S/C12H21N3/c1-9(2)15-12(10-5-6-10)11(8-14-15)4-3-7-13/h8-10H,3-7,13H2,1-2H3. The second-order valence-corrected chi connectivity index (χ2v) is 4.76. The molecule has 2 N–H and O–H groups in total. The van der Waals surface area contributed by atoms with E-state index in [0.717, 1.165) is 25.3 Å². The number of nitrogens with two attached hydrogens (primary N) is 1. The molecule has 1 aromatic rings. The molecule has 0 unspecified atom stereocenters. The quantitative estimate of drug-likeness (QED) is 0.804. The van der Waals surface area contributed by atoms with Gasteiger partial charge in [-0.2, -0.15) is 5.10 Å². The van der Waals surface area contributed by atoms with E-state index in [2.05, 4.69) is 23.6 Å². The molecule has 15 heavy (non-hydrogen) atoms. The molecule has 1 fully saturated rings. The molecular weight excluding hydrogens is 186 g/mol. The van der Waals surface area contributed by atoms with Crippen molar-refractivity contribution in [2.24, 2.45) is 5.73 Å². The van der Waals surface area contributed by atoms with E-state index in [0.29, 0.717) is 6.04 Å². The van der Waals surface area contributed by atoms with Gasteiger partial charge in [-0.15, -0.1) is 0 Å². The summed E-state index contributed by atoms with van der Waals surface area (Å²) in [5, 5.41) is 4.51. The maximum absolute atomic E-state index is 5.56. The maximum Gasteiger partial charge on any atom is 0.0524 e. The van der Waals surface area contributed by atoms with Gasteiger partial charge in [-0.3, -0.25) is 4.68 Å². The molecule has 0 amide bonds. The fraction of sp³-hybridized carbons (Fsp3) is 0.750. The van der Waals surface area contributed by atoms with E-state index >= 15 is 0 Å². The molecule has 1 aromatic heterocycles. The van der Waals surface area contributed by atoms with Crippen molar-refractivity contribution in [1.82, 2.24) is 9.78 Å². The highest BCUT2D eigenvalue weighted by atomic mass is 15.3. The molecule has 0 aliphatic heterocycles. The Balaban J connectivity index is 2.21. The molecule has 84 valence electrons. The molecule has 0 spiro atoms. The highest BCUT2D eigenvalue weighted by molar-refractivity contribution is 5.26. The number of nitrogens with zero attached hydrogens (tertiary/aromatic N) is 2. The molecule has 1 aliphatic carbocycles. The van der Waals surface area contributed by atoms with Crippen molar-refractivity contribution >= 4 is 0 Å². The largest absolute Gasteiger partial charge is 0.330 e. The minimum absolute atomic E-state index is 0.479. The molecule has 3 heteroatoms. The van der Waals surface area contributed by atoms with Crippen LogP contribution in [0.1, 0.15) is 56.3 Å². The van der Waals surface area contributed by atoms with Crippen LogP contribution in [-0.2, 0) is 6.42 Å². The van der Waals surface area contributed by atoms with Gasteiger partial charge in [0.1, 0.15) is 0 Å². The lowest BCUT2D eigenvalue weighted by Crippen LogP contribution is -2.08. The van der Waals surface area contributed by atoms with Crippen LogP contribution in [0.3, 0.4) is 0 Å². The van der Waals surface area contributed by atoms with Gasteiger partial charge in [0.25, 0.3) is 0 Å². The van der Waals surface area contributed by atoms with Crippen LogP contribution < -0.4 is 5.73 Å². The molecule has 0 atom stereocenters. The summed E-state index contributed by atoms with van der Waals surface area (Å²) < 4.78 is 2.20. The Hall–Kier alpha value is -0.830. The molecule has 0 aromatic carbocycles. The Morgan fingerprint density at radius 2 is 2.27 bits per heavy atom. The molecule has 0 radical (unpaired) electrons. The lowest BCUT2D eigenvalue weighted by Gasteiger charge is -2.11. The lowest BCUT2D eigenvalue weighted by molar-refractivity contribution is 0.508. The average molecular weight is 207 g/mol. The van der Waals surface area contributed by atoms with E-state index in [-0.39, 0.29) is 0 Å². The second kappa shape index (κ2) is 4.35. The zero-order valence-electron chi connectivity index (χ0n) is 9.74. The first-order valence-electron chi connectivity index (χ1n) is 6.00. The third-order valence-corrected chi connectivity index (χ3v) is 3.02. The Morgan fingerprint density at radius 1 is 1.53 bits per heavy atom. The van der Waals surface area contributed by atoms with Gasteiger partial charge in [-0.1, -0.05) is 0 Å². The normalized spacial score (nSPS) is 16.3. The van der Waals surface area contributed by atoms with Gasteiger partial charge in [0.05, 0.1) is 6.20 Å². The molecule has 3 nitrogen and oxygen atoms in total. The van der Waals surface area contributed by atoms with E-state index < -0.39 is 0 Å². The van der Waals surface area contributed by atoms with Crippen LogP contribution in [0.15, 0.2) is 6.20 Å². The smallest absolute Gasteiger partial charge is 0.0524 e. The van der Waals surface area contributed by atoms with Gasteiger partial charge in [-0.05, 0) is 51.6 Å². The van der Waals surface area contributed by atoms with Gasteiger partial charge in [0.2, 0.25) is 0 Å². The lowest BCUT2D eigenvalue weighted by atomic mass is 10.1. The zero-order chi connectivity index (χ0) is 10.8. The van der Waals surface area contributed by atoms with E-state index in [1.54, 1.807) is 0 Å². The predicted molar refractivity (Wildman–Crippen MR) is 62.0 cm³/mol. The van der Waals surface area contributed by atoms with E-state index in [1.807, 2.05) is 6.20 Å². The van der Waals surface area contributed by atoms with Crippen LogP contribution >= 0.6 is 0 Å². The molecule has 2 rings (SSSR count). The number of rotatable bonds is 5. The first kappa shape index (κ1) is 10.7. The van der Waals surface area contributed by atoms with Gasteiger partial charge in [-0.25, -0.2) is 0 Å². The SMILES string of the molecule is CC(C)n1ncc(CCCN)c1C1CC1. The van der Waals surface area contributed by atoms with Crippen LogP contribution in [-0.4, -0.2) is 16.3 Å². The third-order valence-electron chi connectivity index (χ3n) is 3.02. The molecule has 1 aliphatic rings. The van der Waals surface area contributed by atoms with Crippen LogP contribution in [0.5, 0.6) is 0 Å². The highest BCUT2D eigenvalue weighted by Gasteiger charge is 2.30. The second-order valence-electron chi connectivity index (χ2n) is 4.76. The number of aromatic nitrogens is 2. The van der Waals surface area contributed by atoms with Gasteiger partial charge < -0.3 is 5.73 Å². The van der Waals surface area contributed by atoms with Crippen molar-refractivity contribution in [3.63, 3.8) is 0 Å². The van der Waals surface area contributed by atoms with Crippen molar-refractivity contribution in [1.29, 1.82) is 0 Å². The minimum atomic E-state index is 0.479. The Kier molecular flexibility index (Phi) is 3.10. The summed E-state index contributed by atoms with van der Waals surface area (Å²) in [5.74, 6) is 0.780. The summed E-state index contributed by atoms with van der Waals surface area (Å²) in [6.07, 6.45) is 6.89. The molecular formula is C12H21N3. The van der Waals surface area contributed by atoms with Crippen LogP contribution in [0, 0.1) is 0 Å².